The molecule has 0 radical (unpaired) electrons. The molecule has 1 aliphatic carbocycles. The minimum absolute atomic E-state index is 0.864. The van der Waals surface area contributed by atoms with Crippen molar-refractivity contribution in [1.82, 2.24) is 9.80 Å². The highest BCUT2D eigenvalue weighted by Crippen LogP contribution is 2.30. The van der Waals surface area contributed by atoms with E-state index in [1.54, 1.807) is 0 Å². The highest BCUT2D eigenvalue weighted by Gasteiger charge is 2.27. The Morgan fingerprint density at radius 1 is 1.00 bits per heavy atom. The SMILES string of the molecule is CCN(C)C1CCC(CN2CCC(C(C)C)CC2)CC1. The largest absolute Gasteiger partial charge is 0.304 e. The first-order chi connectivity index (χ1) is 9.60. The van der Waals surface area contributed by atoms with Gasteiger partial charge in [0.25, 0.3) is 0 Å². The van der Waals surface area contributed by atoms with Crippen LogP contribution in [0.4, 0.5) is 0 Å². The van der Waals surface area contributed by atoms with Crippen LogP contribution in [0.1, 0.15) is 59.3 Å². The standard InChI is InChI=1S/C18H36N2/c1-5-19(4)18-8-6-16(7-9-18)14-20-12-10-17(11-13-20)15(2)3/h15-18H,5-14H2,1-4H3. The second kappa shape index (κ2) is 7.79. The van der Waals surface area contributed by atoms with Crippen molar-refractivity contribution in [1.29, 1.82) is 0 Å². The van der Waals surface area contributed by atoms with Gasteiger partial charge in [-0.15, -0.1) is 0 Å². The van der Waals surface area contributed by atoms with Crippen LogP contribution in [0.15, 0.2) is 0 Å². The van der Waals surface area contributed by atoms with Gasteiger partial charge in [-0.2, -0.15) is 0 Å². The minimum Gasteiger partial charge on any atom is -0.304 e. The Morgan fingerprint density at radius 2 is 1.60 bits per heavy atom. The molecular weight excluding hydrogens is 244 g/mol. The van der Waals surface area contributed by atoms with Gasteiger partial charge in [0.05, 0.1) is 0 Å². The fraction of sp³-hybridized carbons (Fsp3) is 1.00. The zero-order valence-corrected chi connectivity index (χ0v) is 14.3. The Morgan fingerprint density at radius 3 is 2.10 bits per heavy atom. The van der Waals surface area contributed by atoms with Crippen molar-refractivity contribution in [3.63, 3.8) is 0 Å². The van der Waals surface area contributed by atoms with E-state index in [-0.39, 0.29) is 0 Å². The summed E-state index contributed by atoms with van der Waals surface area (Å²) in [6.07, 6.45) is 8.64. The van der Waals surface area contributed by atoms with E-state index in [1.165, 1.54) is 64.7 Å². The summed E-state index contributed by atoms with van der Waals surface area (Å²) in [7, 11) is 2.29. The molecule has 0 bridgehead atoms. The Balaban J connectivity index is 1.66. The third-order valence-electron chi connectivity index (χ3n) is 6.03. The van der Waals surface area contributed by atoms with Gasteiger partial charge in [-0.3, -0.25) is 0 Å². The van der Waals surface area contributed by atoms with E-state index < -0.39 is 0 Å². The molecule has 1 saturated heterocycles. The summed E-state index contributed by atoms with van der Waals surface area (Å²) in [5.41, 5.74) is 0. The zero-order valence-electron chi connectivity index (χ0n) is 14.3. The summed E-state index contributed by atoms with van der Waals surface area (Å²) >= 11 is 0. The molecule has 118 valence electrons. The molecule has 0 spiro atoms. The predicted octanol–water partition coefficient (Wildman–Crippen LogP) is 3.86. The average Bonchev–Trinajstić information content (AvgIpc) is 2.48. The Bertz CT molecular complexity index is 261. The smallest absolute Gasteiger partial charge is 0.00923 e. The molecular formula is C18H36N2. The molecule has 0 aromatic carbocycles. The fourth-order valence-electron chi connectivity index (χ4n) is 4.19. The lowest BCUT2D eigenvalue weighted by molar-refractivity contribution is 0.109. The van der Waals surface area contributed by atoms with Gasteiger partial charge in [0.15, 0.2) is 0 Å². The molecule has 20 heavy (non-hydrogen) atoms. The predicted molar refractivity (Wildman–Crippen MR) is 88.1 cm³/mol. The van der Waals surface area contributed by atoms with E-state index in [1.807, 2.05) is 0 Å². The second-order valence-corrected chi connectivity index (χ2v) is 7.63. The van der Waals surface area contributed by atoms with Gasteiger partial charge in [0.2, 0.25) is 0 Å². The first-order valence-electron chi connectivity index (χ1n) is 9.02. The Labute approximate surface area is 126 Å². The maximum Gasteiger partial charge on any atom is 0.00923 e. The van der Waals surface area contributed by atoms with Crippen molar-refractivity contribution in [2.75, 3.05) is 33.2 Å². The molecule has 1 aliphatic heterocycles. The van der Waals surface area contributed by atoms with Gasteiger partial charge in [0, 0.05) is 12.6 Å². The number of nitrogens with zero attached hydrogens (tertiary/aromatic N) is 2. The Kier molecular flexibility index (Phi) is 6.35. The van der Waals surface area contributed by atoms with Crippen molar-refractivity contribution in [3.05, 3.63) is 0 Å². The third kappa shape index (κ3) is 4.46. The van der Waals surface area contributed by atoms with Crippen molar-refractivity contribution in [3.8, 4) is 0 Å². The maximum atomic E-state index is 2.76. The molecule has 1 heterocycles. The highest BCUT2D eigenvalue weighted by molar-refractivity contribution is 4.81. The topological polar surface area (TPSA) is 6.48 Å². The molecule has 1 saturated carbocycles. The number of hydrogen-bond acceptors (Lipinski definition) is 2. The molecule has 2 heteroatoms. The first kappa shape index (κ1) is 16.3. The minimum atomic E-state index is 0.864. The van der Waals surface area contributed by atoms with Crippen LogP contribution in [-0.4, -0.2) is 49.1 Å². The van der Waals surface area contributed by atoms with Crippen LogP contribution in [0.2, 0.25) is 0 Å². The van der Waals surface area contributed by atoms with Gasteiger partial charge in [-0.25, -0.2) is 0 Å². The lowest BCUT2D eigenvalue weighted by atomic mass is 9.83. The van der Waals surface area contributed by atoms with Crippen LogP contribution in [0.3, 0.4) is 0 Å². The molecule has 0 aromatic rings. The summed E-state index contributed by atoms with van der Waals surface area (Å²) in [6, 6.07) is 0.864. The van der Waals surface area contributed by atoms with E-state index in [4.69, 9.17) is 0 Å². The van der Waals surface area contributed by atoms with Gasteiger partial charge >= 0.3 is 0 Å². The summed E-state index contributed by atoms with van der Waals surface area (Å²) < 4.78 is 0. The highest BCUT2D eigenvalue weighted by atomic mass is 15.1. The van der Waals surface area contributed by atoms with Crippen LogP contribution >= 0.6 is 0 Å². The van der Waals surface area contributed by atoms with E-state index in [2.05, 4.69) is 37.6 Å². The normalized spacial score (nSPS) is 30.3. The van der Waals surface area contributed by atoms with E-state index >= 15 is 0 Å². The average molecular weight is 280 g/mol. The zero-order chi connectivity index (χ0) is 14.5. The molecule has 0 N–H and O–H groups in total. The summed E-state index contributed by atoms with van der Waals surface area (Å²) in [4.78, 5) is 5.30. The maximum absolute atomic E-state index is 2.76. The molecule has 2 fully saturated rings. The van der Waals surface area contributed by atoms with Gasteiger partial charge in [-0.1, -0.05) is 20.8 Å². The lowest BCUT2D eigenvalue weighted by Crippen LogP contribution is -2.41. The molecule has 0 atom stereocenters. The lowest BCUT2D eigenvalue weighted by Gasteiger charge is -2.39. The number of rotatable bonds is 5. The van der Waals surface area contributed by atoms with Crippen molar-refractivity contribution in [2.45, 2.75) is 65.3 Å². The molecule has 2 aliphatic rings. The number of hydrogen-bond donors (Lipinski definition) is 0. The van der Waals surface area contributed by atoms with Crippen LogP contribution < -0.4 is 0 Å². The van der Waals surface area contributed by atoms with E-state index in [0.717, 1.165) is 23.8 Å². The first-order valence-corrected chi connectivity index (χ1v) is 9.02. The van der Waals surface area contributed by atoms with Crippen LogP contribution in [0.5, 0.6) is 0 Å². The van der Waals surface area contributed by atoms with Crippen LogP contribution in [-0.2, 0) is 0 Å². The summed E-state index contributed by atoms with van der Waals surface area (Å²) in [5.74, 6) is 2.85. The molecule has 2 rings (SSSR count). The quantitative estimate of drug-likeness (QED) is 0.754. The van der Waals surface area contributed by atoms with Gasteiger partial charge in [0.1, 0.15) is 0 Å². The van der Waals surface area contributed by atoms with Crippen LogP contribution in [0.25, 0.3) is 0 Å². The molecule has 2 nitrogen and oxygen atoms in total. The van der Waals surface area contributed by atoms with Crippen molar-refractivity contribution >= 4 is 0 Å². The number of piperidine rings is 1. The van der Waals surface area contributed by atoms with Gasteiger partial charge < -0.3 is 9.80 Å². The van der Waals surface area contributed by atoms with Gasteiger partial charge in [-0.05, 0) is 83.0 Å². The van der Waals surface area contributed by atoms with E-state index in [0.29, 0.717) is 0 Å². The molecule has 0 aromatic heterocycles. The van der Waals surface area contributed by atoms with Crippen LogP contribution in [0, 0.1) is 17.8 Å². The fourth-order valence-corrected chi connectivity index (χ4v) is 4.19. The monoisotopic (exact) mass is 280 g/mol. The summed E-state index contributed by atoms with van der Waals surface area (Å²) in [6.45, 7) is 12.4. The molecule has 0 amide bonds. The Hall–Kier alpha value is -0.0800. The van der Waals surface area contributed by atoms with E-state index in [9.17, 15) is 0 Å². The van der Waals surface area contributed by atoms with Crippen molar-refractivity contribution in [2.24, 2.45) is 17.8 Å². The number of likely N-dealkylation sites (tertiary alicyclic amines) is 1. The third-order valence-corrected chi connectivity index (χ3v) is 6.03. The summed E-state index contributed by atoms with van der Waals surface area (Å²) in [5, 5.41) is 0. The van der Waals surface area contributed by atoms with Crippen molar-refractivity contribution < 1.29 is 0 Å². The molecule has 0 unspecified atom stereocenters. The second-order valence-electron chi connectivity index (χ2n) is 7.63.